The monoisotopic (exact) mass is 418 g/mol. The van der Waals surface area contributed by atoms with Gasteiger partial charge in [0.05, 0.1) is 19.4 Å². The van der Waals surface area contributed by atoms with Gasteiger partial charge in [0, 0.05) is 10.0 Å². The lowest BCUT2D eigenvalue weighted by molar-refractivity contribution is -0.161. The predicted molar refractivity (Wildman–Crippen MR) is 86.9 cm³/mol. The van der Waals surface area contributed by atoms with Crippen LogP contribution in [0.5, 0.6) is 5.75 Å². The van der Waals surface area contributed by atoms with Gasteiger partial charge < -0.3 is 9.47 Å². The van der Waals surface area contributed by atoms with Crippen LogP contribution in [0.2, 0.25) is 0 Å². The van der Waals surface area contributed by atoms with Gasteiger partial charge in [0.25, 0.3) is 0 Å². The van der Waals surface area contributed by atoms with Crippen molar-refractivity contribution in [2.45, 2.75) is 19.0 Å². The molecule has 0 radical (unpaired) electrons. The summed E-state index contributed by atoms with van der Waals surface area (Å²) in [6.45, 7) is 0. The first-order valence-electron chi connectivity index (χ1n) is 7.21. The number of allylic oxidation sites excluding steroid dienone is 3. The molecule has 1 unspecified atom stereocenters. The number of hydrogen-bond acceptors (Lipinski definition) is 4. The molecule has 0 bridgehead atoms. The molecule has 1 atom stereocenters. The van der Waals surface area contributed by atoms with Crippen molar-refractivity contribution in [3.05, 3.63) is 51.7 Å². The number of alkyl halides is 3. The molecule has 0 amide bonds. The zero-order valence-electron chi connectivity index (χ0n) is 13.1. The number of halogens is 4. The van der Waals surface area contributed by atoms with Crippen molar-refractivity contribution >= 4 is 28.2 Å². The van der Waals surface area contributed by atoms with E-state index in [2.05, 4.69) is 20.7 Å². The molecule has 0 fully saturated rings. The number of rotatable bonds is 5. The molecule has 0 spiro atoms. The second-order valence-electron chi connectivity index (χ2n) is 5.33. The van der Waals surface area contributed by atoms with Crippen molar-refractivity contribution in [2.75, 3.05) is 7.11 Å². The highest BCUT2D eigenvalue weighted by atomic mass is 79.9. The van der Waals surface area contributed by atoms with Gasteiger partial charge in [-0.1, -0.05) is 22.0 Å². The molecule has 8 heteroatoms. The number of carbonyl (C=O) groups excluding carboxylic acids is 2. The van der Waals surface area contributed by atoms with Gasteiger partial charge in [-0.05, 0) is 36.3 Å². The first-order chi connectivity index (χ1) is 11.7. The van der Waals surface area contributed by atoms with Gasteiger partial charge in [0.2, 0.25) is 0 Å². The Kier molecular flexibility index (Phi) is 6.05. The van der Waals surface area contributed by atoms with Crippen LogP contribution in [-0.4, -0.2) is 25.5 Å². The molecule has 134 valence electrons. The Labute approximate surface area is 150 Å². The summed E-state index contributed by atoms with van der Waals surface area (Å²) in [6, 6.07) is 4.77. The maximum absolute atomic E-state index is 12.8. The van der Waals surface area contributed by atoms with Gasteiger partial charge in [0.1, 0.15) is 17.8 Å². The summed E-state index contributed by atoms with van der Waals surface area (Å²) in [5.74, 6) is -1.80. The Balaban J connectivity index is 2.23. The fourth-order valence-corrected chi connectivity index (χ4v) is 2.64. The lowest BCUT2D eigenvalue weighted by atomic mass is 9.93. The van der Waals surface area contributed by atoms with Crippen LogP contribution in [0, 0.1) is 5.92 Å². The quantitative estimate of drug-likeness (QED) is 0.532. The normalized spacial score (nSPS) is 17.4. The highest BCUT2D eigenvalue weighted by molar-refractivity contribution is 9.10. The van der Waals surface area contributed by atoms with Crippen LogP contribution in [0.4, 0.5) is 13.2 Å². The van der Waals surface area contributed by atoms with Crippen LogP contribution >= 0.6 is 15.9 Å². The van der Waals surface area contributed by atoms with Gasteiger partial charge in [-0.2, -0.15) is 13.2 Å². The molecular formula is C17H14BrF3O4. The number of ether oxygens (including phenoxy) is 2. The van der Waals surface area contributed by atoms with Crippen LogP contribution in [0.15, 0.2) is 46.2 Å². The Morgan fingerprint density at radius 2 is 2.12 bits per heavy atom. The van der Waals surface area contributed by atoms with Crippen molar-refractivity contribution in [3.63, 3.8) is 0 Å². The molecule has 25 heavy (non-hydrogen) atoms. The Morgan fingerprint density at radius 3 is 2.72 bits per heavy atom. The third-order valence-electron chi connectivity index (χ3n) is 3.61. The van der Waals surface area contributed by atoms with Gasteiger partial charge >= 0.3 is 12.1 Å². The van der Waals surface area contributed by atoms with Crippen molar-refractivity contribution in [1.82, 2.24) is 0 Å². The number of methoxy groups -OCH3 is 1. The summed E-state index contributed by atoms with van der Waals surface area (Å²) in [5, 5.41) is 0. The van der Waals surface area contributed by atoms with E-state index in [1.165, 1.54) is 7.11 Å². The van der Waals surface area contributed by atoms with Crippen LogP contribution < -0.4 is 4.74 Å². The largest absolute Gasteiger partial charge is 0.469 e. The molecule has 2 rings (SSSR count). The summed E-state index contributed by atoms with van der Waals surface area (Å²) in [6.07, 6.45) is -2.40. The molecule has 1 aromatic carbocycles. The minimum Gasteiger partial charge on any atom is -0.469 e. The van der Waals surface area contributed by atoms with Crippen LogP contribution in [0.3, 0.4) is 0 Å². The molecule has 0 saturated carbocycles. The van der Waals surface area contributed by atoms with E-state index < -0.39 is 24.5 Å². The van der Waals surface area contributed by atoms with Gasteiger partial charge in [-0.15, -0.1) is 0 Å². The summed E-state index contributed by atoms with van der Waals surface area (Å²) in [5.41, 5.74) is 0.521. The molecule has 1 aliphatic rings. The van der Waals surface area contributed by atoms with Crippen LogP contribution in [-0.2, 0) is 20.7 Å². The van der Waals surface area contributed by atoms with Crippen molar-refractivity contribution in [3.8, 4) is 5.75 Å². The molecule has 0 aromatic heterocycles. The zero-order valence-corrected chi connectivity index (χ0v) is 14.7. The topological polar surface area (TPSA) is 52.6 Å². The predicted octanol–water partition coefficient (Wildman–Crippen LogP) is 4.13. The van der Waals surface area contributed by atoms with Crippen LogP contribution in [0.1, 0.15) is 12.0 Å². The van der Waals surface area contributed by atoms with E-state index in [9.17, 15) is 22.8 Å². The maximum Gasteiger partial charge on any atom is 0.395 e. The molecule has 0 N–H and O–H groups in total. The summed E-state index contributed by atoms with van der Waals surface area (Å²) in [4.78, 5) is 22.5. The second kappa shape index (κ2) is 7.86. The number of benzene rings is 1. The fourth-order valence-electron chi connectivity index (χ4n) is 2.25. The number of hydrogen-bond donors (Lipinski definition) is 0. The average Bonchev–Trinajstić information content (AvgIpc) is 2.57. The SMILES string of the molecule is COC(=O)Cc1cc(OC2=C(C=O)CC(C(F)(F)F)C=C2)ccc1Br. The Hall–Kier alpha value is -2.09. The average molecular weight is 419 g/mol. The Bertz CT molecular complexity index is 738. The van der Waals surface area contributed by atoms with Crippen molar-refractivity contribution in [2.24, 2.45) is 5.92 Å². The maximum atomic E-state index is 12.8. The number of aldehydes is 1. The lowest BCUT2D eigenvalue weighted by Gasteiger charge is -2.22. The van der Waals surface area contributed by atoms with E-state index >= 15 is 0 Å². The summed E-state index contributed by atoms with van der Waals surface area (Å²) in [7, 11) is 1.27. The fraction of sp³-hybridized carbons (Fsp3) is 0.294. The van der Waals surface area contributed by atoms with Crippen LogP contribution in [0.25, 0.3) is 0 Å². The van der Waals surface area contributed by atoms with Gasteiger partial charge in [-0.3, -0.25) is 9.59 Å². The molecule has 1 aliphatic carbocycles. The first-order valence-corrected chi connectivity index (χ1v) is 8.00. The van der Waals surface area contributed by atoms with Gasteiger partial charge in [0.15, 0.2) is 0 Å². The highest BCUT2D eigenvalue weighted by Gasteiger charge is 2.40. The third-order valence-corrected chi connectivity index (χ3v) is 4.38. The first kappa shape index (κ1) is 19.2. The van der Waals surface area contributed by atoms with E-state index in [-0.39, 0.29) is 17.8 Å². The van der Waals surface area contributed by atoms with Gasteiger partial charge in [-0.25, -0.2) is 0 Å². The smallest absolute Gasteiger partial charge is 0.395 e. The molecule has 1 aromatic rings. The third kappa shape index (κ3) is 4.94. The molecule has 0 aliphatic heterocycles. The lowest BCUT2D eigenvalue weighted by Crippen LogP contribution is -2.24. The zero-order chi connectivity index (χ0) is 18.6. The molecule has 0 heterocycles. The molecule has 0 saturated heterocycles. The standard InChI is InChI=1S/C17H14BrF3O4/c1-24-16(23)8-10-7-13(3-4-14(10)18)25-15-5-2-12(17(19,20)21)6-11(15)9-22/h2-5,7,9,12H,6,8H2,1H3. The van der Waals surface area contributed by atoms with E-state index in [0.717, 1.165) is 12.2 Å². The van der Waals surface area contributed by atoms with Crippen molar-refractivity contribution < 1.29 is 32.2 Å². The highest BCUT2D eigenvalue weighted by Crippen LogP contribution is 2.36. The van der Waals surface area contributed by atoms with E-state index in [4.69, 9.17) is 4.74 Å². The summed E-state index contributed by atoms with van der Waals surface area (Å²) >= 11 is 3.30. The second-order valence-corrected chi connectivity index (χ2v) is 6.18. The Morgan fingerprint density at radius 1 is 1.40 bits per heavy atom. The van der Waals surface area contributed by atoms with E-state index in [0.29, 0.717) is 22.1 Å². The summed E-state index contributed by atoms with van der Waals surface area (Å²) < 4.78 is 49.1. The number of carbonyl (C=O) groups is 2. The minimum absolute atomic E-state index is 0.000143. The minimum atomic E-state index is -4.42. The number of esters is 1. The molecule has 4 nitrogen and oxygen atoms in total. The van der Waals surface area contributed by atoms with E-state index in [1.807, 2.05) is 0 Å². The van der Waals surface area contributed by atoms with Crippen molar-refractivity contribution in [1.29, 1.82) is 0 Å². The van der Waals surface area contributed by atoms with E-state index in [1.54, 1.807) is 18.2 Å². The molecular weight excluding hydrogens is 405 g/mol.